The molecule has 0 amide bonds. The van der Waals surface area contributed by atoms with Crippen molar-refractivity contribution in [2.75, 3.05) is 11.9 Å². The predicted octanol–water partition coefficient (Wildman–Crippen LogP) is 3.92. The molecule has 1 aromatic heterocycles. The van der Waals surface area contributed by atoms with Gasteiger partial charge in [-0.1, -0.05) is 44.4 Å². The number of nitrogens with zero attached hydrogens (tertiary/aromatic N) is 2. The second-order valence-electron chi connectivity index (χ2n) is 5.68. The second kappa shape index (κ2) is 6.71. The molecule has 4 heteroatoms. The zero-order valence-electron chi connectivity index (χ0n) is 12.4. The highest BCUT2D eigenvalue weighted by Gasteiger charge is 2.23. The highest BCUT2D eigenvalue weighted by atomic mass is 32.1. The van der Waals surface area contributed by atoms with Gasteiger partial charge >= 0.3 is 0 Å². The van der Waals surface area contributed by atoms with Gasteiger partial charge in [-0.05, 0) is 25.2 Å². The Balaban J connectivity index is 2.17. The fourth-order valence-electron chi connectivity index (χ4n) is 2.82. The minimum Gasteiger partial charge on any atom is -0.391 e. The van der Waals surface area contributed by atoms with Gasteiger partial charge in [-0.3, -0.25) is 0 Å². The Bertz CT molecular complexity index is 399. The molecular weight excluding hydrogens is 256 g/mol. The lowest BCUT2D eigenvalue weighted by Gasteiger charge is -2.30. The van der Waals surface area contributed by atoms with E-state index in [0.29, 0.717) is 12.0 Å². The highest BCUT2D eigenvalue weighted by Crippen LogP contribution is 2.34. The SMILES string of the molecule is CCC(C)c1nc(N(C)C2CCCCC2)sc1CO. The first-order valence-corrected chi connectivity index (χ1v) is 8.32. The van der Waals surface area contributed by atoms with Crippen LogP contribution in [-0.2, 0) is 6.61 Å². The number of hydrogen-bond donors (Lipinski definition) is 1. The molecule has 1 aliphatic carbocycles. The zero-order valence-corrected chi connectivity index (χ0v) is 13.2. The van der Waals surface area contributed by atoms with Crippen molar-refractivity contribution in [1.29, 1.82) is 0 Å². The van der Waals surface area contributed by atoms with E-state index < -0.39 is 0 Å². The van der Waals surface area contributed by atoms with E-state index in [4.69, 9.17) is 4.98 Å². The lowest BCUT2D eigenvalue weighted by Crippen LogP contribution is -2.33. The third-order valence-electron chi connectivity index (χ3n) is 4.36. The quantitative estimate of drug-likeness (QED) is 0.889. The van der Waals surface area contributed by atoms with E-state index in [1.165, 1.54) is 32.1 Å². The Morgan fingerprint density at radius 2 is 2.05 bits per heavy atom. The number of aliphatic hydroxyl groups excluding tert-OH is 1. The number of anilines is 1. The summed E-state index contributed by atoms with van der Waals surface area (Å²) in [5, 5.41) is 10.6. The van der Waals surface area contributed by atoms with Crippen LogP contribution in [-0.4, -0.2) is 23.2 Å². The Hall–Kier alpha value is -0.610. The fraction of sp³-hybridized carbons (Fsp3) is 0.800. The Labute approximate surface area is 120 Å². The van der Waals surface area contributed by atoms with Gasteiger partial charge in [-0.15, -0.1) is 0 Å². The van der Waals surface area contributed by atoms with Crippen LogP contribution in [0.4, 0.5) is 5.13 Å². The number of rotatable bonds is 5. The molecule has 1 aromatic rings. The predicted molar refractivity (Wildman–Crippen MR) is 82.0 cm³/mol. The first kappa shape index (κ1) is 14.8. The van der Waals surface area contributed by atoms with Gasteiger partial charge in [0.2, 0.25) is 0 Å². The van der Waals surface area contributed by atoms with Crippen LogP contribution in [0.2, 0.25) is 0 Å². The van der Waals surface area contributed by atoms with E-state index in [1.807, 2.05) is 0 Å². The average molecular weight is 282 g/mol. The van der Waals surface area contributed by atoms with E-state index in [2.05, 4.69) is 25.8 Å². The molecule has 1 atom stereocenters. The van der Waals surface area contributed by atoms with E-state index in [-0.39, 0.29) is 6.61 Å². The van der Waals surface area contributed by atoms with Gasteiger partial charge < -0.3 is 10.0 Å². The van der Waals surface area contributed by atoms with Crippen LogP contribution in [0.1, 0.15) is 68.9 Å². The third kappa shape index (κ3) is 3.29. The van der Waals surface area contributed by atoms with Crippen LogP contribution in [0, 0.1) is 0 Å². The molecule has 0 aliphatic heterocycles. The molecule has 1 heterocycles. The number of aliphatic hydroxyl groups is 1. The summed E-state index contributed by atoms with van der Waals surface area (Å²) in [5.74, 6) is 0.437. The fourth-order valence-corrected chi connectivity index (χ4v) is 3.89. The highest BCUT2D eigenvalue weighted by molar-refractivity contribution is 7.15. The maximum absolute atomic E-state index is 9.52. The smallest absolute Gasteiger partial charge is 0.185 e. The van der Waals surface area contributed by atoms with Crippen molar-refractivity contribution in [1.82, 2.24) is 4.98 Å². The van der Waals surface area contributed by atoms with E-state index in [9.17, 15) is 5.11 Å². The molecule has 1 aliphatic rings. The molecule has 1 fully saturated rings. The van der Waals surface area contributed by atoms with Gasteiger partial charge in [0.1, 0.15) is 0 Å². The number of hydrogen-bond acceptors (Lipinski definition) is 4. The molecular formula is C15H26N2OS. The van der Waals surface area contributed by atoms with Crippen LogP contribution < -0.4 is 4.90 Å². The van der Waals surface area contributed by atoms with Crippen LogP contribution in [0.15, 0.2) is 0 Å². The summed E-state index contributed by atoms with van der Waals surface area (Å²) in [4.78, 5) is 8.20. The van der Waals surface area contributed by atoms with Crippen molar-refractivity contribution in [3.63, 3.8) is 0 Å². The lowest BCUT2D eigenvalue weighted by molar-refractivity contribution is 0.283. The summed E-state index contributed by atoms with van der Waals surface area (Å²) in [5.41, 5.74) is 1.10. The Kier molecular flexibility index (Phi) is 5.22. The summed E-state index contributed by atoms with van der Waals surface area (Å²) in [6.07, 6.45) is 7.69. The van der Waals surface area contributed by atoms with Gasteiger partial charge in [0.25, 0.3) is 0 Å². The van der Waals surface area contributed by atoms with Crippen molar-refractivity contribution >= 4 is 16.5 Å². The van der Waals surface area contributed by atoms with Crippen molar-refractivity contribution in [3.8, 4) is 0 Å². The largest absolute Gasteiger partial charge is 0.391 e. The molecule has 1 unspecified atom stereocenters. The summed E-state index contributed by atoms with van der Waals surface area (Å²) < 4.78 is 0. The molecule has 2 rings (SSSR count). The molecule has 1 N–H and O–H groups in total. The first-order valence-electron chi connectivity index (χ1n) is 7.50. The number of aromatic nitrogens is 1. The topological polar surface area (TPSA) is 36.4 Å². The molecule has 19 heavy (non-hydrogen) atoms. The Morgan fingerprint density at radius 3 is 2.63 bits per heavy atom. The monoisotopic (exact) mass is 282 g/mol. The van der Waals surface area contributed by atoms with E-state index in [1.54, 1.807) is 11.3 Å². The molecule has 0 bridgehead atoms. The summed E-state index contributed by atoms with van der Waals surface area (Å²) >= 11 is 1.67. The van der Waals surface area contributed by atoms with Crippen LogP contribution in [0.25, 0.3) is 0 Å². The molecule has 108 valence electrons. The first-order chi connectivity index (χ1) is 9.17. The Morgan fingerprint density at radius 1 is 1.37 bits per heavy atom. The van der Waals surface area contributed by atoms with Gasteiger partial charge in [-0.25, -0.2) is 4.98 Å². The van der Waals surface area contributed by atoms with Crippen LogP contribution >= 0.6 is 11.3 Å². The normalized spacial score (nSPS) is 18.5. The molecule has 0 saturated heterocycles. The third-order valence-corrected chi connectivity index (χ3v) is 5.51. The van der Waals surface area contributed by atoms with E-state index >= 15 is 0 Å². The average Bonchev–Trinajstić information content (AvgIpc) is 2.90. The van der Waals surface area contributed by atoms with Gasteiger partial charge in [0.05, 0.1) is 17.2 Å². The molecule has 1 saturated carbocycles. The van der Waals surface area contributed by atoms with Crippen LogP contribution in [0.3, 0.4) is 0 Å². The lowest BCUT2D eigenvalue weighted by atomic mass is 9.95. The summed E-state index contributed by atoms with van der Waals surface area (Å²) in [7, 11) is 2.16. The van der Waals surface area contributed by atoms with Gasteiger partial charge in [0.15, 0.2) is 5.13 Å². The maximum Gasteiger partial charge on any atom is 0.185 e. The minimum atomic E-state index is 0.121. The zero-order chi connectivity index (χ0) is 13.8. The maximum atomic E-state index is 9.52. The van der Waals surface area contributed by atoms with Gasteiger partial charge in [-0.2, -0.15) is 0 Å². The van der Waals surface area contributed by atoms with Crippen molar-refractivity contribution in [3.05, 3.63) is 10.6 Å². The minimum absolute atomic E-state index is 0.121. The van der Waals surface area contributed by atoms with Crippen molar-refractivity contribution < 1.29 is 5.11 Å². The molecule has 0 radical (unpaired) electrons. The summed E-state index contributed by atoms with van der Waals surface area (Å²) in [6.45, 7) is 4.49. The standard InChI is InChI=1S/C15H26N2OS/c1-4-11(2)14-13(10-18)19-15(16-14)17(3)12-8-6-5-7-9-12/h11-12,18H,4-10H2,1-3H3. The molecule has 0 spiro atoms. The van der Waals surface area contributed by atoms with Crippen molar-refractivity contribution in [2.45, 2.75) is 70.9 Å². The van der Waals surface area contributed by atoms with Crippen molar-refractivity contribution in [2.24, 2.45) is 0 Å². The molecule has 3 nitrogen and oxygen atoms in total. The van der Waals surface area contributed by atoms with Gasteiger partial charge in [0, 0.05) is 13.1 Å². The number of thiazole rings is 1. The summed E-state index contributed by atoms with van der Waals surface area (Å²) in [6, 6.07) is 0.635. The van der Waals surface area contributed by atoms with E-state index in [0.717, 1.165) is 22.1 Å². The van der Waals surface area contributed by atoms with Crippen LogP contribution in [0.5, 0.6) is 0 Å². The second-order valence-corrected chi connectivity index (χ2v) is 6.74. The molecule has 0 aromatic carbocycles.